The number of nitrogens with two attached hydrogens (primary N) is 1. The number of hydrogen-bond donors (Lipinski definition) is 1. The molecule has 0 radical (unpaired) electrons. The summed E-state index contributed by atoms with van der Waals surface area (Å²) in [6.45, 7) is 4.48. The van der Waals surface area contributed by atoms with Gasteiger partial charge in [0.25, 0.3) is 0 Å². The van der Waals surface area contributed by atoms with Crippen molar-refractivity contribution in [2.24, 2.45) is 11.7 Å². The lowest BCUT2D eigenvalue weighted by atomic mass is 9.91. The molecular formula is C13H19F3N2S. The predicted octanol–water partition coefficient (Wildman–Crippen LogP) is 3.33. The number of halogens is 3. The molecule has 6 heteroatoms. The Balaban J connectivity index is 1.87. The molecule has 0 aromatic carbocycles. The van der Waals surface area contributed by atoms with Crippen LogP contribution in [0.3, 0.4) is 0 Å². The van der Waals surface area contributed by atoms with E-state index in [1.54, 1.807) is 6.07 Å². The van der Waals surface area contributed by atoms with Gasteiger partial charge in [-0.2, -0.15) is 13.2 Å². The first-order chi connectivity index (χ1) is 8.86. The van der Waals surface area contributed by atoms with Crippen LogP contribution in [0.1, 0.15) is 29.5 Å². The molecule has 0 saturated carbocycles. The van der Waals surface area contributed by atoms with Crippen molar-refractivity contribution in [3.63, 3.8) is 0 Å². The van der Waals surface area contributed by atoms with E-state index in [0.717, 1.165) is 42.1 Å². The van der Waals surface area contributed by atoms with E-state index in [1.165, 1.54) is 6.07 Å². The Morgan fingerprint density at radius 2 is 2.00 bits per heavy atom. The summed E-state index contributed by atoms with van der Waals surface area (Å²) in [5.41, 5.74) is 5.87. The normalized spacial score (nSPS) is 20.7. The summed E-state index contributed by atoms with van der Waals surface area (Å²) in [6, 6.07) is 2.97. The zero-order valence-electron chi connectivity index (χ0n) is 10.9. The standard InChI is InChI=1S/C13H19F3N2S/c1-9(17)10-4-6-18(7-5-10)8-11-2-3-12(19-11)13(14,15)16/h2-3,9-10H,4-8,17H2,1H3. The van der Waals surface area contributed by atoms with E-state index in [1.807, 2.05) is 6.92 Å². The van der Waals surface area contributed by atoms with Crippen LogP contribution in [0.2, 0.25) is 0 Å². The van der Waals surface area contributed by atoms with E-state index >= 15 is 0 Å². The van der Waals surface area contributed by atoms with Gasteiger partial charge in [0.15, 0.2) is 0 Å². The minimum Gasteiger partial charge on any atom is -0.328 e. The molecule has 1 aliphatic heterocycles. The lowest BCUT2D eigenvalue weighted by Gasteiger charge is -2.33. The lowest BCUT2D eigenvalue weighted by Crippen LogP contribution is -2.39. The third-order valence-electron chi connectivity index (χ3n) is 3.70. The van der Waals surface area contributed by atoms with Crippen molar-refractivity contribution in [3.8, 4) is 0 Å². The van der Waals surface area contributed by atoms with Crippen molar-refractivity contribution < 1.29 is 13.2 Å². The average molecular weight is 292 g/mol. The lowest BCUT2D eigenvalue weighted by molar-refractivity contribution is -0.134. The van der Waals surface area contributed by atoms with E-state index in [-0.39, 0.29) is 6.04 Å². The maximum absolute atomic E-state index is 12.5. The molecule has 1 aromatic rings. The number of alkyl halides is 3. The summed E-state index contributed by atoms with van der Waals surface area (Å²) >= 11 is 0.849. The van der Waals surface area contributed by atoms with Crippen molar-refractivity contribution in [2.75, 3.05) is 13.1 Å². The third-order valence-corrected chi connectivity index (χ3v) is 4.81. The second-order valence-electron chi connectivity index (χ2n) is 5.24. The van der Waals surface area contributed by atoms with Gasteiger partial charge in [0, 0.05) is 17.5 Å². The van der Waals surface area contributed by atoms with Crippen LogP contribution >= 0.6 is 11.3 Å². The highest BCUT2D eigenvalue weighted by atomic mass is 32.1. The van der Waals surface area contributed by atoms with E-state index in [9.17, 15) is 13.2 Å². The molecule has 2 N–H and O–H groups in total. The molecule has 2 rings (SSSR count). The Kier molecular flexibility index (Phi) is 4.53. The number of rotatable bonds is 3. The van der Waals surface area contributed by atoms with Crippen molar-refractivity contribution in [1.29, 1.82) is 0 Å². The number of thiophene rings is 1. The quantitative estimate of drug-likeness (QED) is 0.926. The summed E-state index contributed by atoms with van der Waals surface area (Å²) in [5.74, 6) is 0.547. The van der Waals surface area contributed by atoms with Crippen LogP contribution in [-0.2, 0) is 12.7 Å². The van der Waals surface area contributed by atoms with Crippen molar-refractivity contribution >= 4 is 11.3 Å². The van der Waals surface area contributed by atoms with E-state index < -0.39 is 11.1 Å². The van der Waals surface area contributed by atoms with Gasteiger partial charge in [-0.1, -0.05) is 0 Å². The fourth-order valence-corrected chi connectivity index (χ4v) is 3.39. The molecule has 2 nitrogen and oxygen atoms in total. The molecule has 1 saturated heterocycles. The van der Waals surface area contributed by atoms with Crippen LogP contribution < -0.4 is 5.73 Å². The van der Waals surface area contributed by atoms with Crippen molar-refractivity contribution in [3.05, 3.63) is 21.9 Å². The molecule has 1 aliphatic rings. The maximum Gasteiger partial charge on any atom is 0.425 e. The first kappa shape index (κ1) is 14.8. The summed E-state index contributed by atoms with van der Waals surface area (Å²) in [4.78, 5) is 2.49. The second kappa shape index (κ2) is 5.81. The van der Waals surface area contributed by atoms with E-state index in [0.29, 0.717) is 12.5 Å². The fraction of sp³-hybridized carbons (Fsp3) is 0.692. The molecule has 0 bridgehead atoms. The first-order valence-corrected chi connectivity index (χ1v) is 7.32. The minimum absolute atomic E-state index is 0.209. The number of nitrogens with zero attached hydrogens (tertiary/aromatic N) is 1. The summed E-state index contributed by atoms with van der Waals surface area (Å²) in [5, 5.41) is 0. The van der Waals surface area contributed by atoms with Crippen molar-refractivity contribution in [2.45, 2.75) is 38.5 Å². The third kappa shape index (κ3) is 3.94. The van der Waals surface area contributed by atoms with Gasteiger partial charge in [-0.25, -0.2) is 0 Å². The topological polar surface area (TPSA) is 29.3 Å². The highest BCUT2D eigenvalue weighted by molar-refractivity contribution is 7.12. The van der Waals surface area contributed by atoms with Gasteiger partial charge in [-0.3, -0.25) is 4.90 Å². The summed E-state index contributed by atoms with van der Waals surface area (Å²) in [7, 11) is 0. The SMILES string of the molecule is CC(N)C1CCN(Cc2ccc(C(F)(F)F)s2)CC1. The van der Waals surface area contributed by atoms with Gasteiger partial charge >= 0.3 is 6.18 Å². The van der Waals surface area contributed by atoms with E-state index in [4.69, 9.17) is 5.73 Å². The molecule has 0 aliphatic carbocycles. The van der Waals surface area contributed by atoms with Crippen LogP contribution in [0.5, 0.6) is 0 Å². The minimum atomic E-state index is -4.22. The van der Waals surface area contributed by atoms with Crippen LogP contribution in [-0.4, -0.2) is 24.0 Å². The van der Waals surface area contributed by atoms with Crippen LogP contribution in [0.25, 0.3) is 0 Å². The monoisotopic (exact) mass is 292 g/mol. The fourth-order valence-electron chi connectivity index (χ4n) is 2.47. The Hall–Kier alpha value is -0.590. The van der Waals surface area contributed by atoms with Gasteiger partial charge in [0.1, 0.15) is 4.88 Å². The molecule has 0 amide bonds. The van der Waals surface area contributed by atoms with Crippen LogP contribution in [0.15, 0.2) is 12.1 Å². The van der Waals surface area contributed by atoms with Crippen LogP contribution in [0, 0.1) is 5.92 Å². The Bertz CT molecular complexity index is 406. The molecular weight excluding hydrogens is 273 g/mol. The van der Waals surface area contributed by atoms with Crippen LogP contribution in [0.4, 0.5) is 13.2 Å². The molecule has 2 heterocycles. The summed E-state index contributed by atoms with van der Waals surface area (Å²) < 4.78 is 37.5. The molecule has 1 aromatic heterocycles. The van der Waals surface area contributed by atoms with Gasteiger partial charge in [-0.15, -0.1) is 11.3 Å². The first-order valence-electron chi connectivity index (χ1n) is 6.50. The Morgan fingerprint density at radius 3 is 2.47 bits per heavy atom. The Labute approximate surface area is 115 Å². The molecule has 1 atom stereocenters. The molecule has 19 heavy (non-hydrogen) atoms. The maximum atomic E-state index is 12.5. The predicted molar refractivity (Wildman–Crippen MR) is 71.0 cm³/mol. The molecule has 108 valence electrons. The van der Waals surface area contributed by atoms with Gasteiger partial charge in [0.2, 0.25) is 0 Å². The zero-order chi connectivity index (χ0) is 14.0. The Morgan fingerprint density at radius 1 is 1.37 bits per heavy atom. The molecule has 1 unspecified atom stereocenters. The van der Waals surface area contributed by atoms with Gasteiger partial charge in [-0.05, 0) is 50.9 Å². The van der Waals surface area contributed by atoms with Gasteiger partial charge < -0.3 is 5.73 Å². The zero-order valence-corrected chi connectivity index (χ0v) is 11.7. The average Bonchev–Trinajstić information content (AvgIpc) is 2.78. The number of piperidine rings is 1. The molecule has 1 fully saturated rings. The molecule has 0 spiro atoms. The highest BCUT2D eigenvalue weighted by Gasteiger charge is 2.32. The summed E-state index contributed by atoms with van der Waals surface area (Å²) in [6.07, 6.45) is -2.14. The second-order valence-corrected chi connectivity index (χ2v) is 6.40. The van der Waals surface area contributed by atoms with Gasteiger partial charge in [0.05, 0.1) is 0 Å². The number of hydrogen-bond acceptors (Lipinski definition) is 3. The number of likely N-dealkylation sites (tertiary alicyclic amines) is 1. The van der Waals surface area contributed by atoms with E-state index in [2.05, 4.69) is 4.90 Å². The van der Waals surface area contributed by atoms with Crippen molar-refractivity contribution in [1.82, 2.24) is 4.90 Å². The highest BCUT2D eigenvalue weighted by Crippen LogP contribution is 2.35. The largest absolute Gasteiger partial charge is 0.425 e. The smallest absolute Gasteiger partial charge is 0.328 e.